The summed E-state index contributed by atoms with van der Waals surface area (Å²) < 4.78 is 13.4. The summed E-state index contributed by atoms with van der Waals surface area (Å²) in [5, 5.41) is 20.1. The summed E-state index contributed by atoms with van der Waals surface area (Å²) in [5.41, 5.74) is -1.84. The standard InChI is InChI=1S/C11H12BrFN2O4/c1-11(2,10(16)17)14(3)8-4-6(12)7(13)5-9(8)15(18)19/h4-5H,1-3H3,(H,16,17). The molecule has 0 amide bonds. The Morgan fingerprint density at radius 1 is 1.53 bits per heavy atom. The zero-order chi connectivity index (χ0) is 15.0. The lowest BCUT2D eigenvalue weighted by atomic mass is 10.0. The van der Waals surface area contributed by atoms with Crippen molar-refractivity contribution in [1.29, 1.82) is 0 Å². The fourth-order valence-corrected chi connectivity index (χ4v) is 1.72. The number of halogens is 2. The van der Waals surface area contributed by atoms with E-state index in [1.54, 1.807) is 0 Å². The Morgan fingerprint density at radius 3 is 2.47 bits per heavy atom. The summed E-state index contributed by atoms with van der Waals surface area (Å²) >= 11 is 2.93. The number of aliphatic carboxylic acids is 1. The molecule has 0 fully saturated rings. The molecule has 0 saturated carbocycles. The number of hydrogen-bond acceptors (Lipinski definition) is 4. The molecule has 6 nitrogen and oxygen atoms in total. The van der Waals surface area contributed by atoms with Gasteiger partial charge in [0.25, 0.3) is 5.69 Å². The number of likely N-dealkylation sites (N-methyl/N-ethyl adjacent to an activating group) is 1. The molecule has 0 unspecified atom stereocenters. The number of nitrogens with zero attached hydrogens (tertiary/aromatic N) is 2. The van der Waals surface area contributed by atoms with Crippen molar-refractivity contribution < 1.29 is 19.2 Å². The fourth-order valence-electron chi connectivity index (χ4n) is 1.39. The van der Waals surface area contributed by atoms with E-state index < -0.39 is 27.9 Å². The summed E-state index contributed by atoms with van der Waals surface area (Å²) in [4.78, 5) is 22.6. The van der Waals surface area contributed by atoms with Gasteiger partial charge in [-0.2, -0.15) is 0 Å². The third-order valence-corrected chi connectivity index (χ3v) is 3.55. The van der Waals surface area contributed by atoms with Crippen LogP contribution in [-0.4, -0.2) is 28.6 Å². The smallest absolute Gasteiger partial charge is 0.328 e. The van der Waals surface area contributed by atoms with Crippen molar-refractivity contribution in [2.75, 3.05) is 11.9 Å². The van der Waals surface area contributed by atoms with E-state index in [-0.39, 0.29) is 10.2 Å². The van der Waals surface area contributed by atoms with Gasteiger partial charge in [-0.1, -0.05) is 0 Å². The second-order valence-electron chi connectivity index (χ2n) is 4.44. The topological polar surface area (TPSA) is 83.7 Å². The van der Waals surface area contributed by atoms with E-state index in [1.165, 1.54) is 31.9 Å². The molecule has 0 aliphatic carbocycles. The van der Waals surface area contributed by atoms with E-state index in [9.17, 15) is 19.3 Å². The molecular formula is C11H12BrFN2O4. The largest absolute Gasteiger partial charge is 0.480 e. The van der Waals surface area contributed by atoms with E-state index in [1.807, 2.05) is 0 Å². The van der Waals surface area contributed by atoms with Crippen molar-refractivity contribution >= 4 is 33.3 Å². The van der Waals surface area contributed by atoms with Crippen molar-refractivity contribution in [1.82, 2.24) is 0 Å². The quantitative estimate of drug-likeness (QED) is 0.676. The highest BCUT2D eigenvalue weighted by molar-refractivity contribution is 9.10. The van der Waals surface area contributed by atoms with Gasteiger partial charge >= 0.3 is 5.97 Å². The number of benzene rings is 1. The summed E-state index contributed by atoms with van der Waals surface area (Å²) in [6, 6.07) is 1.95. The first-order valence-electron chi connectivity index (χ1n) is 5.19. The van der Waals surface area contributed by atoms with Gasteiger partial charge in [0.15, 0.2) is 0 Å². The predicted octanol–water partition coefficient (Wildman–Crippen LogP) is 2.80. The molecule has 0 atom stereocenters. The molecule has 19 heavy (non-hydrogen) atoms. The van der Waals surface area contributed by atoms with Crippen LogP contribution in [0.15, 0.2) is 16.6 Å². The van der Waals surface area contributed by atoms with E-state index in [2.05, 4.69) is 15.9 Å². The molecule has 1 aromatic rings. The number of carboxylic acids is 1. The van der Waals surface area contributed by atoms with E-state index in [0.29, 0.717) is 0 Å². The van der Waals surface area contributed by atoms with Crippen molar-refractivity contribution in [3.63, 3.8) is 0 Å². The van der Waals surface area contributed by atoms with Gasteiger partial charge in [0.1, 0.15) is 17.0 Å². The Labute approximate surface area is 117 Å². The van der Waals surface area contributed by atoms with Gasteiger partial charge < -0.3 is 10.0 Å². The van der Waals surface area contributed by atoms with Crippen LogP contribution in [0.1, 0.15) is 13.8 Å². The molecule has 0 spiro atoms. The maximum atomic E-state index is 13.4. The van der Waals surface area contributed by atoms with Gasteiger partial charge in [-0.3, -0.25) is 10.1 Å². The lowest BCUT2D eigenvalue weighted by molar-refractivity contribution is -0.384. The second kappa shape index (κ2) is 5.12. The van der Waals surface area contributed by atoms with Crippen LogP contribution in [0.3, 0.4) is 0 Å². The van der Waals surface area contributed by atoms with Crippen LogP contribution in [0.4, 0.5) is 15.8 Å². The first-order valence-corrected chi connectivity index (χ1v) is 5.99. The molecule has 0 radical (unpaired) electrons. The Morgan fingerprint density at radius 2 is 2.05 bits per heavy atom. The molecular weight excluding hydrogens is 323 g/mol. The van der Waals surface area contributed by atoms with Crippen LogP contribution in [0, 0.1) is 15.9 Å². The number of carboxylic acid groups (broad SMARTS) is 1. The Kier molecular flexibility index (Phi) is 4.14. The van der Waals surface area contributed by atoms with E-state index >= 15 is 0 Å². The van der Waals surface area contributed by atoms with Gasteiger partial charge in [0.05, 0.1) is 15.5 Å². The van der Waals surface area contributed by atoms with Crippen molar-refractivity contribution in [3.05, 3.63) is 32.5 Å². The lowest BCUT2D eigenvalue weighted by Crippen LogP contribution is -2.48. The van der Waals surface area contributed by atoms with E-state index in [4.69, 9.17) is 5.11 Å². The molecule has 1 N–H and O–H groups in total. The maximum Gasteiger partial charge on any atom is 0.328 e. The number of nitro groups is 1. The Hall–Kier alpha value is -1.70. The molecule has 8 heteroatoms. The minimum atomic E-state index is -1.37. The minimum absolute atomic E-state index is 0.0191. The SMILES string of the molecule is CN(c1cc(Br)c(F)cc1[N+](=O)[O-])C(C)(C)C(=O)O. The summed E-state index contributed by atoms with van der Waals surface area (Å²) in [6.45, 7) is 2.80. The van der Waals surface area contributed by atoms with Gasteiger partial charge in [0.2, 0.25) is 0 Å². The lowest BCUT2D eigenvalue weighted by Gasteiger charge is -2.33. The third-order valence-electron chi connectivity index (χ3n) is 2.94. The summed E-state index contributed by atoms with van der Waals surface area (Å²) in [6.07, 6.45) is 0. The molecule has 1 aromatic carbocycles. The van der Waals surface area contributed by atoms with Gasteiger partial charge in [-0.25, -0.2) is 9.18 Å². The van der Waals surface area contributed by atoms with Gasteiger partial charge in [-0.15, -0.1) is 0 Å². The summed E-state index contributed by atoms with van der Waals surface area (Å²) in [7, 11) is 1.40. The minimum Gasteiger partial charge on any atom is -0.480 e. The van der Waals surface area contributed by atoms with Crippen molar-refractivity contribution in [2.45, 2.75) is 19.4 Å². The number of anilines is 1. The van der Waals surface area contributed by atoms with Crippen LogP contribution in [0.5, 0.6) is 0 Å². The predicted molar refractivity (Wildman–Crippen MR) is 70.9 cm³/mol. The van der Waals surface area contributed by atoms with Gasteiger partial charge in [-0.05, 0) is 35.8 Å². The maximum absolute atomic E-state index is 13.4. The highest BCUT2D eigenvalue weighted by Crippen LogP contribution is 2.35. The highest BCUT2D eigenvalue weighted by atomic mass is 79.9. The fraction of sp³-hybridized carbons (Fsp3) is 0.364. The molecule has 0 saturated heterocycles. The Balaban J connectivity index is 3.45. The Bertz CT molecular complexity index is 548. The number of nitro benzene ring substituents is 1. The summed E-state index contributed by atoms with van der Waals surface area (Å²) in [5.74, 6) is -1.93. The van der Waals surface area contributed by atoms with Crippen molar-refractivity contribution in [2.24, 2.45) is 0 Å². The zero-order valence-corrected chi connectivity index (χ0v) is 12.1. The number of carbonyl (C=O) groups is 1. The van der Waals surface area contributed by atoms with Crippen LogP contribution >= 0.6 is 15.9 Å². The molecule has 104 valence electrons. The molecule has 1 rings (SSSR count). The molecule has 0 aliphatic rings. The van der Waals surface area contributed by atoms with Crippen LogP contribution < -0.4 is 4.90 Å². The zero-order valence-electron chi connectivity index (χ0n) is 10.5. The average Bonchev–Trinajstić information content (AvgIpc) is 2.30. The first-order chi connectivity index (χ1) is 8.59. The first kappa shape index (κ1) is 15.4. The molecule has 0 bridgehead atoms. The molecule has 0 aliphatic heterocycles. The molecule has 0 heterocycles. The molecule has 0 aromatic heterocycles. The number of hydrogen-bond donors (Lipinski definition) is 1. The van der Waals surface area contributed by atoms with Crippen LogP contribution in [0.25, 0.3) is 0 Å². The second-order valence-corrected chi connectivity index (χ2v) is 5.29. The van der Waals surface area contributed by atoms with Crippen LogP contribution in [0.2, 0.25) is 0 Å². The van der Waals surface area contributed by atoms with Crippen LogP contribution in [-0.2, 0) is 4.79 Å². The normalized spacial score (nSPS) is 11.2. The third kappa shape index (κ3) is 2.83. The number of rotatable bonds is 4. The highest BCUT2D eigenvalue weighted by Gasteiger charge is 2.35. The monoisotopic (exact) mass is 334 g/mol. The average molecular weight is 335 g/mol. The van der Waals surface area contributed by atoms with Gasteiger partial charge in [0, 0.05) is 7.05 Å². The van der Waals surface area contributed by atoms with E-state index in [0.717, 1.165) is 6.07 Å². The van der Waals surface area contributed by atoms with Crippen molar-refractivity contribution in [3.8, 4) is 0 Å².